The molecule has 8 nitrogen and oxygen atoms in total. The number of piperazine rings is 1. The molecular weight excluding hydrogens is 298 g/mol. The van der Waals surface area contributed by atoms with E-state index in [4.69, 9.17) is 4.52 Å². The van der Waals surface area contributed by atoms with Gasteiger partial charge in [-0.1, -0.05) is 5.16 Å². The molecule has 8 heteroatoms. The van der Waals surface area contributed by atoms with E-state index in [9.17, 15) is 4.79 Å². The molecule has 1 aliphatic rings. The Bertz CT molecular complexity index is 495. The van der Waals surface area contributed by atoms with Gasteiger partial charge in [0, 0.05) is 45.3 Å². The zero-order valence-corrected chi connectivity index (χ0v) is 13.8. The number of esters is 1. The van der Waals surface area contributed by atoms with Crippen molar-refractivity contribution in [3.8, 4) is 0 Å². The smallest absolute Gasteiger partial charge is 0.307 e. The molecule has 1 aromatic rings. The van der Waals surface area contributed by atoms with Gasteiger partial charge in [-0.05, 0) is 6.92 Å². The molecule has 0 radical (unpaired) electrons. The first-order valence-electron chi connectivity index (χ1n) is 7.94. The van der Waals surface area contributed by atoms with Crippen molar-refractivity contribution in [3.63, 3.8) is 0 Å². The number of guanidine groups is 1. The fourth-order valence-corrected chi connectivity index (χ4v) is 2.45. The van der Waals surface area contributed by atoms with Crippen molar-refractivity contribution in [2.24, 2.45) is 4.99 Å². The van der Waals surface area contributed by atoms with Crippen LogP contribution >= 0.6 is 0 Å². The van der Waals surface area contributed by atoms with E-state index < -0.39 is 0 Å². The number of hydrogen-bond donors (Lipinski definition) is 1. The number of nitrogens with zero attached hydrogens (tertiary/aromatic N) is 4. The lowest BCUT2D eigenvalue weighted by molar-refractivity contribution is -0.140. The summed E-state index contributed by atoms with van der Waals surface area (Å²) in [5.41, 5.74) is 0.956. The van der Waals surface area contributed by atoms with Crippen molar-refractivity contribution in [3.05, 3.63) is 18.0 Å². The molecular formula is C15H25N5O3. The standard InChI is InChI=1S/C15H25N5O3/c1-3-16-15(17-6-4-14(21)22-2)20-9-7-19(8-10-20)12-13-5-11-23-18-13/h5,11H,3-4,6-10,12H2,1-2H3,(H,16,17). The maximum atomic E-state index is 11.2. The highest BCUT2D eigenvalue weighted by Gasteiger charge is 2.20. The van der Waals surface area contributed by atoms with Crippen molar-refractivity contribution in [1.82, 2.24) is 20.3 Å². The molecule has 0 atom stereocenters. The fraction of sp³-hybridized carbons (Fsp3) is 0.667. The Balaban J connectivity index is 1.81. The van der Waals surface area contributed by atoms with Crippen LogP contribution in [0.4, 0.5) is 0 Å². The average molecular weight is 323 g/mol. The first-order chi connectivity index (χ1) is 11.2. The molecule has 0 spiro atoms. The lowest BCUT2D eigenvalue weighted by Gasteiger charge is -2.36. The summed E-state index contributed by atoms with van der Waals surface area (Å²) in [6, 6.07) is 1.89. The minimum Gasteiger partial charge on any atom is -0.469 e. The van der Waals surface area contributed by atoms with E-state index >= 15 is 0 Å². The molecule has 0 unspecified atom stereocenters. The van der Waals surface area contributed by atoms with Gasteiger partial charge in [0.15, 0.2) is 5.96 Å². The number of rotatable bonds is 6. The van der Waals surface area contributed by atoms with Gasteiger partial charge >= 0.3 is 5.97 Å². The molecule has 2 heterocycles. The van der Waals surface area contributed by atoms with Gasteiger partial charge < -0.3 is 19.5 Å². The van der Waals surface area contributed by atoms with E-state index in [1.165, 1.54) is 7.11 Å². The first kappa shape index (κ1) is 17.3. The molecule has 0 amide bonds. The zero-order valence-electron chi connectivity index (χ0n) is 13.8. The van der Waals surface area contributed by atoms with Gasteiger partial charge in [0.1, 0.15) is 6.26 Å². The maximum Gasteiger partial charge on any atom is 0.307 e. The van der Waals surface area contributed by atoms with Crippen LogP contribution in [0.3, 0.4) is 0 Å². The molecule has 23 heavy (non-hydrogen) atoms. The Labute approximate surface area is 136 Å². The lowest BCUT2D eigenvalue weighted by atomic mass is 10.3. The Kier molecular flexibility index (Phi) is 6.86. The number of nitrogens with one attached hydrogen (secondary N) is 1. The molecule has 0 bridgehead atoms. The van der Waals surface area contributed by atoms with Crippen molar-refractivity contribution >= 4 is 11.9 Å². The van der Waals surface area contributed by atoms with Crippen LogP contribution in [0, 0.1) is 0 Å². The van der Waals surface area contributed by atoms with Gasteiger partial charge in [-0.15, -0.1) is 0 Å². The Hall–Kier alpha value is -2.09. The predicted molar refractivity (Wildman–Crippen MR) is 86.0 cm³/mol. The van der Waals surface area contributed by atoms with E-state index in [0.29, 0.717) is 13.0 Å². The van der Waals surface area contributed by atoms with Crippen molar-refractivity contribution in [2.45, 2.75) is 19.9 Å². The summed E-state index contributed by atoms with van der Waals surface area (Å²) < 4.78 is 9.51. The van der Waals surface area contributed by atoms with Gasteiger partial charge in [-0.2, -0.15) is 0 Å². The third kappa shape index (κ3) is 5.55. The third-order valence-corrected chi connectivity index (χ3v) is 3.69. The van der Waals surface area contributed by atoms with Crippen molar-refractivity contribution in [2.75, 3.05) is 46.4 Å². The third-order valence-electron chi connectivity index (χ3n) is 3.69. The minimum absolute atomic E-state index is 0.234. The number of carbonyl (C=O) groups is 1. The highest BCUT2D eigenvalue weighted by Crippen LogP contribution is 2.07. The summed E-state index contributed by atoms with van der Waals surface area (Å²) in [7, 11) is 1.39. The van der Waals surface area contributed by atoms with E-state index in [1.807, 2.05) is 13.0 Å². The van der Waals surface area contributed by atoms with Crippen LogP contribution in [-0.2, 0) is 16.1 Å². The normalized spacial score (nSPS) is 16.4. The summed E-state index contributed by atoms with van der Waals surface area (Å²) in [5.74, 6) is 0.625. The summed E-state index contributed by atoms with van der Waals surface area (Å²) in [5, 5.41) is 7.23. The van der Waals surface area contributed by atoms with Gasteiger partial charge in [0.2, 0.25) is 0 Å². The Morgan fingerprint density at radius 1 is 1.43 bits per heavy atom. The molecule has 1 aromatic heterocycles. The topological polar surface area (TPSA) is 83.2 Å². The second-order valence-electron chi connectivity index (χ2n) is 5.32. The van der Waals surface area contributed by atoms with Crippen LogP contribution in [0.1, 0.15) is 19.0 Å². The highest BCUT2D eigenvalue weighted by molar-refractivity contribution is 5.80. The van der Waals surface area contributed by atoms with Crippen molar-refractivity contribution < 1.29 is 14.1 Å². The Morgan fingerprint density at radius 3 is 2.83 bits per heavy atom. The van der Waals surface area contributed by atoms with Crippen LogP contribution in [0.5, 0.6) is 0 Å². The van der Waals surface area contributed by atoms with Crippen LogP contribution in [-0.4, -0.2) is 73.3 Å². The first-order valence-corrected chi connectivity index (χ1v) is 7.94. The second-order valence-corrected chi connectivity index (χ2v) is 5.32. The summed E-state index contributed by atoms with van der Waals surface area (Å²) in [6.45, 7) is 7.74. The summed E-state index contributed by atoms with van der Waals surface area (Å²) in [6.07, 6.45) is 1.90. The van der Waals surface area contributed by atoms with Gasteiger partial charge in [-0.25, -0.2) is 0 Å². The number of ether oxygens (including phenoxy) is 1. The minimum atomic E-state index is -0.234. The van der Waals surface area contributed by atoms with E-state index in [2.05, 4.69) is 30.0 Å². The number of aromatic nitrogens is 1. The molecule has 1 aliphatic heterocycles. The molecule has 1 fully saturated rings. The number of methoxy groups -OCH3 is 1. The molecule has 2 rings (SSSR count). The summed E-state index contributed by atoms with van der Waals surface area (Å²) >= 11 is 0. The molecule has 0 saturated carbocycles. The van der Waals surface area contributed by atoms with Gasteiger partial charge in [-0.3, -0.25) is 14.7 Å². The van der Waals surface area contributed by atoms with E-state index in [-0.39, 0.29) is 5.97 Å². The monoisotopic (exact) mass is 323 g/mol. The van der Waals surface area contributed by atoms with Gasteiger partial charge in [0.25, 0.3) is 0 Å². The second kappa shape index (κ2) is 9.14. The average Bonchev–Trinajstić information content (AvgIpc) is 3.07. The summed E-state index contributed by atoms with van der Waals surface area (Å²) in [4.78, 5) is 20.2. The fourth-order valence-electron chi connectivity index (χ4n) is 2.45. The SMILES string of the molecule is CCNC(=NCCC(=O)OC)N1CCN(Cc2ccon2)CC1. The molecule has 1 saturated heterocycles. The van der Waals surface area contributed by atoms with Crippen LogP contribution in [0.2, 0.25) is 0 Å². The van der Waals surface area contributed by atoms with Crippen LogP contribution < -0.4 is 5.32 Å². The quantitative estimate of drug-likeness (QED) is 0.458. The lowest BCUT2D eigenvalue weighted by Crippen LogP contribution is -2.52. The number of carbonyl (C=O) groups excluding carboxylic acids is 1. The number of hydrogen-bond acceptors (Lipinski definition) is 6. The van der Waals surface area contributed by atoms with Crippen LogP contribution in [0.15, 0.2) is 21.8 Å². The number of aliphatic imine (C=N–C) groups is 1. The largest absolute Gasteiger partial charge is 0.469 e. The van der Waals surface area contributed by atoms with Crippen molar-refractivity contribution in [1.29, 1.82) is 0 Å². The zero-order chi connectivity index (χ0) is 16.5. The predicted octanol–water partition coefficient (Wildman–Crippen LogP) is 0.321. The molecule has 128 valence electrons. The van der Waals surface area contributed by atoms with E-state index in [1.54, 1.807) is 6.26 Å². The van der Waals surface area contributed by atoms with Gasteiger partial charge in [0.05, 0.1) is 25.8 Å². The van der Waals surface area contributed by atoms with Crippen LogP contribution in [0.25, 0.3) is 0 Å². The Morgan fingerprint density at radius 2 is 2.22 bits per heavy atom. The maximum absolute atomic E-state index is 11.2. The molecule has 0 aromatic carbocycles. The molecule has 1 N–H and O–H groups in total. The highest BCUT2D eigenvalue weighted by atomic mass is 16.5. The van der Waals surface area contributed by atoms with E-state index in [0.717, 1.165) is 50.9 Å². The molecule has 0 aliphatic carbocycles.